The highest BCUT2D eigenvalue weighted by Crippen LogP contribution is 2.31. The van der Waals surface area contributed by atoms with Gasteiger partial charge in [0.05, 0.1) is 0 Å². The monoisotopic (exact) mass is 247 g/mol. The van der Waals surface area contributed by atoms with Gasteiger partial charge in [-0.2, -0.15) is 0 Å². The van der Waals surface area contributed by atoms with E-state index in [4.69, 9.17) is 11.6 Å². The van der Waals surface area contributed by atoms with Crippen LogP contribution in [-0.2, 0) is 6.54 Å². The van der Waals surface area contributed by atoms with Crippen molar-refractivity contribution < 1.29 is 0 Å². The lowest BCUT2D eigenvalue weighted by atomic mass is 9.99. The predicted octanol–water partition coefficient (Wildman–Crippen LogP) is 4.11. The molecule has 17 heavy (non-hydrogen) atoms. The summed E-state index contributed by atoms with van der Waals surface area (Å²) >= 11 is 6.11. The molecule has 2 aliphatic heterocycles. The number of nitrogens with zero attached hydrogens (tertiary/aromatic N) is 1. The van der Waals surface area contributed by atoms with Crippen LogP contribution in [0, 0.1) is 0 Å². The van der Waals surface area contributed by atoms with Gasteiger partial charge in [-0.05, 0) is 55.1 Å². The van der Waals surface area contributed by atoms with E-state index in [1.165, 1.54) is 42.5 Å². The summed E-state index contributed by atoms with van der Waals surface area (Å²) in [7, 11) is 0. The molecule has 0 aromatic heterocycles. The quantitative estimate of drug-likeness (QED) is 0.667. The maximum absolute atomic E-state index is 6.11. The van der Waals surface area contributed by atoms with E-state index in [2.05, 4.69) is 30.0 Å². The average molecular weight is 248 g/mol. The number of fused-ring (bicyclic) bond motifs is 2. The van der Waals surface area contributed by atoms with Gasteiger partial charge < -0.3 is 0 Å². The van der Waals surface area contributed by atoms with Crippen LogP contribution in [0.25, 0.3) is 5.57 Å². The van der Waals surface area contributed by atoms with Gasteiger partial charge in [0.2, 0.25) is 0 Å². The Bertz CT molecular complexity index is 464. The second-order valence-electron chi connectivity index (χ2n) is 5.18. The van der Waals surface area contributed by atoms with Crippen molar-refractivity contribution >= 4 is 17.2 Å². The molecule has 0 radical (unpaired) electrons. The van der Waals surface area contributed by atoms with Crippen LogP contribution >= 0.6 is 11.6 Å². The van der Waals surface area contributed by atoms with Crippen molar-refractivity contribution in [2.24, 2.45) is 0 Å². The first-order valence-corrected chi connectivity index (χ1v) is 6.83. The van der Waals surface area contributed by atoms with Crippen molar-refractivity contribution in [2.45, 2.75) is 38.8 Å². The first-order valence-electron chi connectivity index (χ1n) is 6.45. The van der Waals surface area contributed by atoms with Gasteiger partial charge in [-0.1, -0.05) is 30.2 Å². The second kappa shape index (κ2) is 4.47. The van der Waals surface area contributed by atoms with Crippen molar-refractivity contribution in [2.75, 3.05) is 6.54 Å². The maximum atomic E-state index is 6.11. The van der Waals surface area contributed by atoms with Crippen molar-refractivity contribution in [3.05, 3.63) is 40.4 Å². The summed E-state index contributed by atoms with van der Waals surface area (Å²) in [5, 5.41) is 0.854. The van der Waals surface area contributed by atoms with E-state index in [1.807, 2.05) is 6.07 Å². The fourth-order valence-electron chi connectivity index (χ4n) is 3.08. The van der Waals surface area contributed by atoms with Crippen molar-refractivity contribution in [1.82, 2.24) is 4.90 Å². The molecule has 1 aromatic rings. The van der Waals surface area contributed by atoms with E-state index < -0.39 is 0 Å². The highest BCUT2D eigenvalue weighted by molar-refractivity contribution is 6.30. The Morgan fingerprint density at radius 2 is 2.18 bits per heavy atom. The van der Waals surface area contributed by atoms with E-state index in [1.54, 1.807) is 0 Å². The fourth-order valence-corrected chi connectivity index (χ4v) is 3.27. The van der Waals surface area contributed by atoms with Gasteiger partial charge in [0, 0.05) is 17.6 Å². The molecule has 0 bridgehead atoms. The van der Waals surface area contributed by atoms with Crippen LogP contribution in [0.3, 0.4) is 0 Å². The Kier molecular flexibility index (Phi) is 2.97. The molecule has 1 saturated heterocycles. The number of allylic oxidation sites excluding steroid dienone is 1. The number of rotatable bonds is 0. The van der Waals surface area contributed by atoms with Crippen LogP contribution in [0.2, 0.25) is 5.02 Å². The first-order chi connectivity index (χ1) is 8.24. The van der Waals surface area contributed by atoms with E-state index in [0.29, 0.717) is 6.04 Å². The predicted molar refractivity (Wildman–Crippen MR) is 73.2 cm³/mol. The molecular weight excluding hydrogens is 230 g/mol. The number of hydrogen-bond acceptors (Lipinski definition) is 1. The Morgan fingerprint density at radius 3 is 3.06 bits per heavy atom. The van der Waals surface area contributed by atoms with Gasteiger partial charge in [0.15, 0.2) is 0 Å². The molecule has 3 rings (SSSR count). The van der Waals surface area contributed by atoms with Gasteiger partial charge in [-0.3, -0.25) is 4.90 Å². The molecule has 2 heteroatoms. The number of hydrogen-bond donors (Lipinski definition) is 0. The molecule has 1 fully saturated rings. The van der Waals surface area contributed by atoms with Gasteiger partial charge in [-0.15, -0.1) is 0 Å². The highest BCUT2D eigenvalue weighted by atomic mass is 35.5. The second-order valence-corrected chi connectivity index (χ2v) is 5.62. The van der Waals surface area contributed by atoms with E-state index in [9.17, 15) is 0 Å². The Balaban J connectivity index is 2.04. The summed E-state index contributed by atoms with van der Waals surface area (Å²) < 4.78 is 0. The van der Waals surface area contributed by atoms with Gasteiger partial charge in [0.1, 0.15) is 0 Å². The molecular formula is C15H18ClN. The molecule has 1 aromatic carbocycles. The van der Waals surface area contributed by atoms with Gasteiger partial charge in [0.25, 0.3) is 0 Å². The third kappa shape index (κ3) is 2.14. The molecule has 1 atom stereocenters. The average Bonchev–Trinajstić information content (AvgIpc) is 2.44. The Labute approximate surface area is 108 Å². The summed E-state index contributed by atoms with van der Waals surface area (Å²) in [6.07, 6.45) is 6.44. The molecule has 90 valence electrons. The summed E-state index contributed by atoms with van der Waals surface area (Å²) in [6, 6.07) is 6.93. The minimum absolute atomic E-state index is 0.634. The third-order valence-corrected chi connectivity index (χ3v) is 4.21. The molecule has 1 nitrogen and oxygen atoms in total. The lowest BCUT2D eigenvalue weighted by Crippen LogP contribution is -2.36. The van der Waals surface area contributed by atoms with E-state index in [0.717, 1.165) is 11.6 Å². The summed E-state index contributed by atoms with van der Waals surface area (Å²) in [6.45, 7) is 4.50. The van der Waals surface area contributed by atoms with Crippen LogP contribution in [0.15, 0.2) is 24.3 Å². The van der Waals surface area contributed by atoms with Gasteiger partial charge >= 0.3 is 0 Å². The lowest BCUT2D eigenvalue weighted by Gasteiger charge is -2.33. The minimum Gasteiger partial charge on any atom is -0.293 e. The van der Waals surface area contributed by atoms with E-state index >= 15 is 0 Å². The molecule has 1 unspecified atom stereocenters. The van der Waals surface area contributed by atoms with Crippen LogP contribution < -0.4 is 0 Å². The van der Waals surface area contributed by atoms with Crippen LogP contribution in [0.4, 0.5) is 0 Å². The number of piperidine rings is 1. The normalized spacial score (nSPS) is 24.6. The van der Waals surface area contributed by atoms with Crippen molar-refractivity contribution in [1.29, 1.82) is 0 Å². The summed E-state index contributed by atoms with van der Waals surface area (Å²) in [5.41, 5.74) is 4.17. The van der Waals surface area contributed by atoms with Crippen LogP contribution in [0.5, 0.6) is 0 Å². The highest BCUT2D eigenvalue weighted by Gasteiger charge is 2.24. The number of benzene rings is 1. The lowest BCUT2D eigenvalue weighted by molar-refractivity contribution is 0.173. The van der Waals surface area contributed by atoms with Crippen LogP contribution in [0.1, 0.15) is 37.3 Å². The van der Waals surface area contributed by atoms with Crippen LogP contribution in [-0.4, -0.2) is 17.5 Å². The first kappa shape index (κ1) is 11.3. The topological polar surface area (TPSA) is 3.24 Å². The molecule has 2 aliphatic rings. The zero-order chi connectivity index (χ0) is 11.8. The smallest absolute Gasteiger partial charge is 0.0409 e. The molecule has 2 heterocycles. The minimum atomic E-state index is 0.634. The van der Waals surface area contributed by atoms with Gasteiger partial charge in [-0.25, -0.2) is 0 Å². The molecule has 0 aliphatic carbocycles. The zero-order valence-corrected chi connectivity index (χ0v) is 11.0. The maximum Gasteiger partial charge on any atom is 0.0409 e. The Hall–Kier alpha value is -0.790. The standard InChI is InChI=1S/C15H18ClN/c1-11-8-14-4-2-3-7-17(14)10-12-9-13(16)5-6-15(11)12/h5-6,8-9,14H,2-4,7,10H2,1H3. The molecule has 0 saturated carbocycles. The molecule has 0 amide bonds. The van der Waals surface area contributed by atoms with E-state index in [-0.39, 0.29) is 0 Å². The third-order valence-electron chi connectivity index (χ3n) is 3.97. The molecule has 0 N–H and O–H groups in total. The number of halogens is 1. The summed E-state index contributed by atoms with van der Waals surface area (Å²) in [4.78, 5) is 2.59. The van der Waals surface area contributed by atoms with Crippen molar-refractivity contribution in [3.63, 3.8) is 0 Å². The van der Waals surface area contributed by atoms with Crippen molar-refractivity contribution in [3.8, 4) is 0 Å². The largest absolute Gasteiger partial charge is 0.293 e. The Morgan fingerprint density at radius 1 is 1.29 bits per heavy atom. The fraction of sp³-hybridized carbons (Fsp3) is 0.467. The molecule has 0 spiro atoms. The summed E-state index contributed by atoms with van der Waals surface area (Å²) in [5.74, 6) is 0. The SMILES string of the molecule is CC1=CC2CCCCN2Cc2cc(Cl)ccc21. The zero-order valence-electron chi connectivity index (χ0n) is 10.2.